The Morgan fingerprint density at radius 1 is 1.21 bits per heavy atom. The van der Waals surface area contributed by atoms with Gasteiger partial charge in [0.25, 0.3) is 0 Å². The standard InChI is InChI=1S/C20H27N3O/c1-2-12-21-14-20(24)23(18-10-11-18)16-19-9-6-13-22(19)15-17-7-4-3-5-8-17/h3-9,13,18,21H,2,10-12,14-16H2,1H3. The Labute approximate surface area is 144 Å². The van der Waals surface area contributed by atoms with Gasteiger partial charge in [0, 0.05) is 24.5 Å². The molecule has 1 aromatic heterocycles. The van der Waals surface area contributed by atoms with Gasteiger partial charge >= 0.3 is 0 Å². The molecule has 0 aliphatic heterocycles. The summed E-state index contributed by atoms with van der Waals surface area (Å²) in [5, 5.41) is 3.23. The smallest absolute Gasteiger partial charge is 0.237 e. The number of hydrogen-bond donors (Lipinski definition) is 1. The summed E-state index contributed by atoms with van der Waals surface area (Å²) in [5.74, 6) is 0.221. The highest BCUT2D eigenvalue weighted by atomic mass is 16.2. The second kappa shape index (κ2) is 8.15. The van der Waals surface area contributed by atoms with Crippen LogP contribution in [-0.4, -0.2) is 34.5 Å². The maximum Gasteiger partial charge on any atom is 0.237 e. The highest BCUT2D eigenvalue weighted by Crippen LogP contribution is 2.28. The molecule has 128 valence electrons. The Morgan fingerprint density at radius 3 is 2.71 bits per heavy atom. The van der Waals surface area contributed by atoms with Crippen LogP contribution in [-0.2, 0) is 17.9 Å². The first kappa shape index (κ1) is 16.8. The van der Waals surface area contributed by atoms with E-state index in [4.69, 9.17) is 0 Å². The van der Waals surface area contributed by atoms with Crippen molar-refractivity contribution in [3.8, 4) is 0 Å². The van der Waals surface area contributed by atoms with Crippen molar-refractivity contribution in [2.24, 2.45) is 0 Å². The van der Waals surface area contributed by atoms with E-state index in [1.807, 2.05) is 6.07 Å². The lowest BCUT2D eigenvalue weighted by molar-refractivity contribution is -0.131. The van der Waals surface area contributed by atoms with E-state index in [-0.39, 0.29) is 5.91 Å². The van der Waals surface area contributed by atoms with E-state index in [1.54, 1.807) is 0 Å². The second-order valence-corrected chi connectivity index (χ2v) is 6.54. The first-order valence-corrected chi connectivity index (χ1v) is 8.96. The van der Waals surface area contributed by atoms with Crippen LogP contribution < -0.4 is 5.32 Å². The van der Waals surface area contributed by atoms with Crippen LogP contribution in [0.1, 0.15) is 37.4 Å². The minimum atomic E-state index is 0.221. The largest absolute Gasteiger partial charge is 0.345 e. The van der Waals surface area contributed by atoms with Crippen LogP contribution in [0.25, 0.3) is 0 Å². The van der Waals surface area contributed by atoms with Crippen LogP contribution >= 0.6 is 0 Å². The fraction of sp³-hybridized carbons (Fsp3) is 0.450. The molecule has 1 aliphatic rings. The van der Waals surface area contributed by atoms with Crippen LogP contribution in [0.4, 0.5) is 0 Å². The minimum Gasteiger partial charge on any atom is -0.345 e. The Balaban J connectivity index is 1.65. The number of carbonyl (C=O) groups is 1. The van der Waals surface area contributed by atoms with Crippen molar-refractivity contribution in [3.05, 3.63) is 59.9 Å². The lowest BCUT2D eigenvalue weighted by Gasteiger charge is -2.23. The van der Waals surface area contributed by atoms with Crippen molar-refractivity contribution >= 4 is 5.91 Å². The second-order valence-electron chi connectivity index (χ2n) is 6.54. The van der Waals surface area contributed by atoms with Crippen LogP contribution in [0.15, 0.2) is 48.7 Å². The molecule has 3 rings (SSSR count). The minimum absolute atomic E-state index is 0.221. The first-order valence-electron chi connectivity index (χ1n) is 8.96. The maximum atomic E-state index is 12.5. The average Bonchev–Trinajstić information content (AvgIpc) is 3.35. The molecule has 0 saturated heterocycles. The van der Waals surface area contributed by atoms with Gasteiger partial charge in [-0.1, -0.05) is 37.3 Å². The van der Waals surface area contributed by atoms with Gasteiger partial charge in [0.2, 0.25) is 5.91 Å². The molecule has 1 aromatic carbocycles. The Hall–Kier alpha value is -2.07. The number of hydrogen-bond acceptors (Lipinski definition) is 2. The van der Waals surface area contributed by atoms with E-state index < -0.39 is 0 Å². The van der Waals surface area contributed by atoms with Gasteiger partial charge in [-0.15, -0.1) is 0 Å². The third-order valence-corrected chi connectivity index (χ3v) is 4.46. The molecule has 4 nitrogen and oxygen atoms in total. The molecule has 1 aliphatic carbocycles. The van der Waals surface area contributed by atoms with Gasteiger partial charge in [0.15, 0.2) is 0 Å². The van der Waals surface area contributed by atoms with Gasteiger partial charge in [-0.3, -0.25) is 4.79 Å². The zero-order valence-corrected chi connectivity index (χ0v) is 14.4. The molecule has 1 heterocycles. The number of benzene rings is 1. The summed E-state index contributed by atoms with van der Waals surface area (Å²) < 4.78 is 2.25. The molecule has 0 atom stereocenters. The molecule has 0 radical (unpaired) electrons. The molecule has 0 spiro atoms. The fourth-order valence-corrected chi connectivity index (χ4v) is 2.98. The van der Waals surface area contributed by atoms with Gasteiger partial charge in [-0.05, 0) is 43.5 Å². The number of aromatic nitrogens is 1. The molecular formula is C20H27N3O. The number of amides is 1. The van der Waals surface area contributed by atoms with Crippen LogP contribution in [0.5, 0.6) is 0 Å². The van der Waals surface area contributed by atoms with Crippen molar-refractivity contribution in [2.45, 2.75) is 45.3 Å². The zero-order valence-electron chi connectivity index (χ0n) is 14.4. The zero-order chi connectivity index (χ0) is 16.8. The van der Waals surface area contributed by atoms with E-state index in [0.29, 0.717) is 19.1 Å². The molecule has 2 aromatic rings. The lowest BCUT2D eigenvalue weighted by atomic mass is 10.2. The van der Waals surface area contributed by atoms with Gasteiger partial charge in [-0.2, -0.15) is 0 Å². The van der Waals surface area contributed by atoms with E-state index >= 15 is 0 Å². The van der Waals surface area contributed by atoms with Crippen LogP contribution in [0.3, 0.4) is 0 Å². The van der Waals surface area contributed by atoms with Crippen LogP contribution in [0.2, 0.25) is 0 Å². The predicted octanol–water partition coefficient (Wildman–Crippen LogP) is 3.03. The average molecular weight is 325 g/mol. The highest BCUT2D eigenvalue weighted by Gasteiger charge is 2.32. The maximum absolute atomic E-state index is 12.5. The van der Waals surface area contributed by atoms with Gasteiger partial charge in [-0.25, -0.2) is 0 Å². The SMILES string of the molecule is CCCNCC(=O)N(Cc1cccn1Cc1ccccc1)C1CC1. The van der Waals surface area contributed by atoms with E-state index in [0.717, 1.165) is 32.4 Å². The summed E-state index contributed by atoms with van der Waals surface area (Å²) in [6, 6.07) is 15.1. The molecule has 1 amide bonds. The summed E-state index contributed by atoms with van der Waals surface area (Å²) >= 11 is 0. The first-order chi connectivity index (χ1) is 11.8. The van der Waals surface area contributed by atoms with E-state index in [2.05, 4.69) is 64.3 Å². The Morgan fingerprint density at radius 2 is 2.00 bits per heavy atom. The third kappa shape index (κ3) is 4.48. The number of nitrogens with one attached hydrogen (secondary N) is 1. The molecule has 1 N–H and O–H groups in total. The molecule has 4 heteroatoms. The van der Waals surface area contributed by atoms with E-state index in [1.165, 1.54) is 11.3 Å². The summed E-state index contributed by atoms with van der Waals surface area (Å²) in [5.41, 5.74) is 2.48. The molecule has 24 heavy (non-hydrogen) atoms. The van der Waals surface area contributed by atoms with Crippen molar-refractivity contribution in [2.75, 3.05) is 13.1 Å². The summed E-state index contributed by atoms with van der Waals surface area (Å²) in [4.78, 5) is 14.6. The van der Waals surface area contributed by atoms with Gasteiger partial charge in [0.05, 0.1) is 13.1 Å². The summed E-state index contributed by atoms with van der Waals surface area (Å²) in [7, 11) is 0. The highest BCUT2D eigenvalue weighted by molar-refractivity contribution is 5.78. The number of carbonyl (C=O) groups excluding carboxylic acids is 1. The summed E-state index contributed by atoms with van der Waals surface area (Å²) in [6.45, 7) is 5.02. The fourth-order valence-electron chi connectivity index (χ4n) is 2.98. The molecule has 0 unspecified atom stereocenters. The number of rotatable bonds is 9. The normalized spacial score (nSPS) is 13.9. The van der Waals surface area contributed by atoms with Crippen LogP contribution in [0, 0.1) is 0 Å². The van der Waals surface area contributed by atoms with Gasteiger partial charge < -0.3 is 14.8 Å². The Bertz CT molecular complexity index is 646. The third-order valence-electron chi connectivity index (χ3n) is 4.46. The summed E-state index contributed by atoms with van der Waals surface area (Å²) in [6.07, 6.45) is 5.43. The van der Waals surface area contributed by atoms with Gasteiger partial charge in [0.1, 0.15) is 0 Å². The van der Waals surface area contributed by atoms with E-state index in [9.17, 15) is 4.79 Å². The predicted molar refractivity (Wildman–Crippen MR) is 96.7 cm³/mol. The molecule has 1 saturated carbocycles. The lowest BCUT2D eigenvalue weighted by Crippen LogP contribution is -2.39. The topological polar surface area (TPSA) is 37.3 Å². The molecular weight excluding hydrogens is 298 g/mol. The van der Waals surface area contributed by atoms with Crippen molar-refractivity contribution in [3.63, 3.8) is 0 Å². The van der Waals surface area contributed by atoms with Crippen molar-refractivity contribution in [1.82, 2.24) is 14.8 Å². The monoisotopic (exact) mass is 325 g/mol. The van der Waals surface area contributed by atoms with Crippen molar-refractivity contribution in [1.29, 1.82) is 0 Å². The molecule has 0 bridgehead atoms. The Kier molecular flexibility index (Phi) is 5.70. The number of nitrogens with zero attached hydrogens (tertiary/aromatic N) is 2. The molecule has 1 fully saturated rings. The quantitative estimate of drug-likeness (QED) is 0.720. The van der Waals surface area contributed by atoms with Crippen molar-refractivity contribution < 1.29 is 4.79 Å².